The lowest BCUT2D eigenvalue weighted by molar-refractivity contribution is -0.142. The van der Waals surface area contributed by atoms with Crippen LogP contribution in [-0.2, 0) is 16.0 Å². The van der Waals surface area contributed by atoms with Gasteiger partial charge in [0.15, 0.2) is 5.96 Å². The number of nitrogens with zero attached hydrogens (tertiary/aromatic N) is 4. The Hall–Kier alpha value is -0.940. The Bertz CT molecular complexity index is 655. The van der Waals surface area contributed by atoms with Gasteiger partial charge in [-0.2, -0.15) is 0 Å². The second-order valence-corrected chi connectivity index (χ2v) is 8.33. The minimum absolute atomic E-state index is 0. The van der Waals surface area contributed by atoms with Gasteiger partial charge in [-0.3, -0.25) is 9.79 Å². The summed E-state index contributed by atoms with van der Waals surface area (Å²) in [5, 5.41) is 6.73. The molecule has 0 aliphatic carbocycles. The van der Waals surface area contributed by atoms with Crippen LogP contribution >= 0.6 is 35.3 Å². The van der Waals surface area contributed by atoms with Crippen molar-refractivity contribution in [2.75, 3.05) is 45.9 Å². The molecule has 0 spiro atoms. The number of aliphatic imine (C=N–C) groups is 1. The molecule has 1 atom stereocenters. The Morgan fingerprint density at radius 3 is 2.69 bits per heavy atom. The summed E-state index contributed by atoms with van der Waals surface area (Å²) < 4.78 is 5.55. The first-order chi connectivity index (χ1) is 13.7. The Kier molecular flexibility index (Phi) is 10.6. The Morgan fingerprint density at radius 2 is 2.07 bits per heavy atom. The van der Waals surface area contributed by atoms with Crippen LogP contribution in [0.15, 0.2) is 10.4 Å². The molecule has 1 aromatic rings. The van der Waals surface area contributed by atoms with E-state index in [0.717, 1.165) is 89.6 Å². The molecule has 0 radical (unpaired) electrons. The molecule has 1 amide bonds. The SMILES string of the molecule is CCNC(=NCCCCc1nc(C)cs1)N1CCN(C(=O)C2CCCO2)CC1.I. The number of carbonyl (C=O) groups excluding carboxylic acids is 1. The molecule has 2 saturated heterocycles. The number of hydrogen-bond donors (Lipinski definition) is 1. The maximum absolute atomic E-state index is 12.5. The first-order valence-corrected chi connectivity index (χ1v) is 11.4. The van der Waals surface area contributed by atoms with Crippen LogP contribution in [0.5, 0.6) is 0 Å². The minimum atomic E-state index is -0.213. The highest BCUT2D eigenvalue weighted by Crippen LogP contribution is 2.16. The van der Waals surface area contributed by atoms with Crippen molar-refractivity contribution >= 4 is 47.2 Å². The fourth-order valence-electron chi connectivity index (χ4n) is 3.63. The maximum atomic E-state index is 12.5. The van der Waals surface area contributed by atoms with E-state index in [-0.39, 0.29) is 36.0 Å². The first kappa shape index (κ1) is 24.3. The number of piperazine rings is 1. The number of aromatic nitrogens is 1. The standard InChI is InChI=1S/C20H33N5O2S.HI/c1-3-21-20(22-9-5-4-8-18-23-16(2)15-28-18)25-12-10-24(11-13-25)19(26)17-7-6-14-27-17;/h15,17H,3-14H2,1-2H3,(H,21,22);1H. The highest BCUT2D eigenvalue weighted by molar-refractivity contribution is 14.0. The molecule has 29 heavy (non-hydrogen) atoms. The van der Waals surface area contributed by atoms with Gasteiger partial charge in [0.2, 0.25) is 0 Å². The number of hydrogen-bond acceptors (Lipinski definition) is 5. The molecule has 2 aliphatic rings. The van der Waals surface area contributed by atoms with Crippen molar-refractivity contribution < 1.29 is 9.53 Å². The number of rotatable bonds is 7. The number of halogens is 1. The molecule has 1 aromatic heterocycles. The molecule has 7 nitrogen and oxygen atoms in total. The first-order valence-electron chi connectivity index (χ1n) is 10.5. The summed E-state index contributed by atoms with van der Waals surface area (Å²) in [6.45, 7) is 9.66. The van der Waals surface area contributed by atoms with Gasteiger partial charge in [0.1, 0.15) is 6.10 Å². The number of guanidine groups is 1. The van der Waals surface area contributed by atoms with E-state index in [1.165, 1.54) is 5.01 Å². The van der Waals surface area contributed by atoms with Crippen LogP contribution in [-0.4, -0.2) is 78.6 Å². The molecule has 0 aromatic carbocycles. The fraction of sp³-hybridized carbons (Fsp3) is 0.750. The van der Waals surface area contributed by atoms with Crippen LogP contribution in [0.4, 0.5) is 0 Å². The Labute approximate surface area is 195 Å². The number of carbonyl (C=O) groups is 1. The molecule has 9 heteroatoms. The summed E-state index contributed by atoms with van der Waals surface area (Å²) in [6, 6.07) is 0. The van der Waals surface area contributed by atoms with Crippen molar-refractivity contribution in [3.05, 3.63) is 16.1 Å². The summed E-state index contributed by atoms with van der Waals surface area (Å²) in [6.07, 6.45) is 4.86. The van der Waals surface area contributed by atoms with Crippen molar-refractivity contribution in [3.63, 3.8) is 0 Å². The molecule has 3 rings (SSSR count). The number of unbranched alkanes of at least 4 members (excludes halogenated alkanes) is 1. The van der Waals surface area contributed by atoms with E-state index in [2.05, 4.69) is 27.5 Å². The quantitative estimate of drug-likeness (QED) is 0.252. The summed E-state index contributed by atoms with van der Waals surface area (Å²) in [5.74, 6) is 1.13. The van der Waals surface area contributed by atoms with E-state index in [4.69, 9.17) is 9.73 Å². The summed E-state index contributed by atoms with van der Waals surface area (Å²) in [5.41, 5.74) is 1.12. The van der Waals surface area contributed by atoms with Gasteiger partial charge in [0, 0.05) is 56.9 Å². The third kappa shape index (κ3) is 7.36. The predicted molar refractivity (Wildman–Crippen MR) is 128 cm³/mol. The fourth-order valence-corrected chi connectivity index (χ4v) is 4.45. The number of ether oxygens (including phenoxy) is 1. The number of nitrogens with one attached hydrogen (secondary N) is 1. The normalized spacial score (nSPS) is 19.9. The highest BCUT2D eigenvalue weighted by atomic mass is 127. The number of aryl methyl sites for hydroxylation is 2. The number of thiazole rings is 1. The molecule has 1 N–H and O–H groups in total. The monoisotopic (exact) mass is 535 g/mol. The van der Waals surface area contributed by atoms with Crippen LogP contribution in [0.1, 0.15) is 43.3 Å². The summed E-state index contributed by atoms with van der Waals surface area (Å²) in [4.78, 5) is 26.0. The van der Waals surface area contributed by atoms with Crippen molar-refractivity contribution in [1.82, 2.24) is 20.1 Å². The summed E-state index contributed by atoms with van der Waals surface area (Å²) >= 11 is 1.75. The average molecular weight is 535 g/mol. The van der Waals surface area contributed by atoms with Crippen molar-refractivity contribution in [3.8, 4) is 0 Å². The third-order valence-corrected chi connectivity index (χ3v) is 6.18. The molecular formula is C20H34IN5O2S. The zero-order valence-corrected chi connectivity index (χ0v) is 20.7. The Balaban J connectivity index is 0.00000300. The lowest BCUT2D eigenvalue weighted by atomic mass is 10.2. The molecular weight excluding hydrogens is 501 g/mol. The second-order valence-electron chi connectivity index (χ2n) is 7.39. The van der Waals surface area contributed by atoms with Gasteiger partial charge in [0.05, 0.1) is 5.01 Å². The zero-order chi connectivity index (χ0) is 19.8. The van der Waals surface area contributed by atoms with Gasteiger partial charge in [-0.15, -0.1) is 35.3 Å². The van der Waals surface area contributed by atoms with Crippen molar-refractivity contribution in [2.45, 2.75) is 52.1 Å². The second kappa shape index (κ2) is 12.7. The third-order valence-electron chi connectivity index (χ3n) is 5.16. The lowest BCUT2D eigenvalue weighted by Gasteiger charge is -2.37. The molecule has 2 aliphatic heterocycles. The molecule has 1 unspecified atom stereocenters. The van der Waals surface area contributed by atoms with E-state index in [0.29, 0.717) is 0 Å². The van der Waals surface area contributed by atoms with Crippen LogP contribution in [0, 0.1) is 6.92 Å². The largest absolute Gasteiger partial charge is 0.368 e. The van der Waals surface area contributed by atoms with Crippen LogP contribution in [0.2, 0.25) is 0 Å². The highest BCUT2D eigenvalue weighted by Gasteiger charge is 2.30. The molecule has 3 heterocycles. The molecule has 0 bridgehead atoms. The minimum Gasteiger partial charge on any atom is -0.368 e. The van der Waals surface area contributed by atoms with E-state index >= 15 is 0 Å². The van der Waals surface area contributed by atoms with Gasteiger partial charge >= 0.3 is 0 Å². The van der Waals surface area contributed by atoms with Crippen LogP contribution < -0.4 is 5.32 Å². The molecule has 2 fully saturated rings. The van der Waals surface area contributed by atoms with Crippen molar-refractivity contribution in [1.29, 1.82) is 0 Å². The predicted octanol–water partition coefficient (Wildman–Crippen LogP) is 2.68. The van der Waals surface area contributed by atoms with Gasteiger partial charge in [-0.1, -0.05) is 0 Å². The van der Waals surface area contributed by atoms with E-state index in [1.807, 2.05) is 11.8 Å². The number of amides is 1. The molecule has 164 valence electrons. The van der Waals surface area contributed by atoms with Crippen LogP contribution in [0.3, 0.4) is 0 Å². The van der Waals surface area contributed by atoms with Crippen LogP contribution in [0.25, 0.3) is 0 Å². The van der Waals surface area contributed by atoms with E-state index in [9.17, 15) is 4.79 Å². The molecule has 0 saturated carbocycles. The van der Waals surface area contributed by atoms with Gasteiger partial charge in [0.25, 0.3) is 5.91 Å². The van der Waals surface area contributed by atoms with Gasteiger partial charge in [-0.25, -0.2) is 4.98 Å². The Morgan fingerprint density at radius 1 is 1.31 bits per heavy atom. The average Bonchev–Trinajstić information content (AvgIpc) is 3.38. The van der Waals surface area contributed by atoms with Gasteiger partial charge < -0.3 is 19.9 Å². The van der Waals surface area contributed by atoms with Crippen molar-refractivity contribution in [2.24, 2.45) is 4.99 Å². The topological polar surface area (TPSA) is 70.1 Å². The van der Waals surface area contributed by atoms with Gasteiger partial charge in [-0.05, 0) is 46.0 Å². The summed E-state index contributed by atoms with van der Waals surface area (Å²) in [7, 11) is 0. The van der Waals surface area contributed by atoms with E-state index in [1.54, 1.807) is 11.3 Å². The van der Waals surface area contributed by atoms with E-state index < -0.39 is 0 Å². The zero-order valence-electron chi connectivity index (χ0n) is 17.6. The smallest absolute Gasteiger partial charge is 0.251 e. The maximum Gasteiger partial charge on any atom is 0.251 e. The lowest BCUT2D eigenvalue weighted by Crippen LogP contribution is -2.55.